The van der Waals surface area contributed by atoms with E-state index in [1.54, 1.807) is 20.8 Å². The van der Waals surface area contributed by atoms with Crippen molar-refractivity contribution in [2.45, 2.75) is 40.8 Å². The molecule has 0 aromatic carbocycles. The minimum Gasteiger partial charge on any atom is -0.460 e. The standard InChI is InChI=1S/2C9H14N2O3/c1-5-10-9(13)11-7(4)14-8(12)6(2)3;1-4-10-9(13)11-5-6-14-8(12)7(2)3/h5,7H,2H2,1,3-4H3,(H,11,13);4H,2,5-6H2,1,3H3,(H,11,13). The van der Waals surface area contributed by atoms with Crippen molar-refractivity contribution < 1.29 is 28.7 Å². The largest absolute Gasteiger partial charge is 0.460 e. The Morgan fingerprint density at radius 2 is 1.46 bits per heavy atom. The van der Waals surface area contributed by atoms with Crippen LogP contribution in [-0.2, 0) is 19.1 Å². The Balaban J connectivity index is 0. The van der Waals surface area contributed by atoms with E-state index < -0.39 is 30.2 Å². The number of esters is 2. The van der Waals surface area contributed by atoms with E-state index in [1.807, 2.05) is 0 Å². The van der Waals surface area contributed by atoms with Crippen molar-refractivity contribution in [2.24, 2.45) is 9.98 Å². The number of nitrogens with one attached hydrogen (secondary N) is 2. The maximum absolute atomic E-state index is 11.0. The third kappa shape index (κ3) is 16.2. The zero-order chi connectivity index (χ0) is 22.1. The first-order valence-corrected chi connectivity index (χ1v) is 8.29. The van der Waals surface area contributed by atoms with Crippen LogP contribution in [0.15, 0.2) is 34.3 Å². The molecule has 28 heavy (non-hydrogen) atoms. The molecule has 10 nitrogen and oxygen atoms in total. The van der Waals surface area contributed by atoms with E-state index >= 15 is 0 Å². The molecule has 4 amide bonds. The summed E-state index contributed by atoms with van der Waals surface area (Å²) >= 11 is 0. The van der Waals surface area contributed by atoms with Crippen molar-refractivity contribution in [3.8, 4) is 0 Å². The Hall–Kier alpha value is -3.30. The summed E-state index contributed by atoms with van der Waals surface area (Å²) in [6, 6.07) is -0.992. The summed E-state index contributed by atoms with van der Waals surface area (Å²) < 4.78 is 9.51. The maximum Gasteiger partial charge on any atom is 0.343 e. The SMILES string of the molecule is C=C(C)C(=O)OC(C)NC(=O)N=CC.C=C(C)C(=O)OCCNC(=O)N=CC. The van der Waals surface area contributed by atoms with E-state index in [0.717, 1.165) is 0 Å². The molecule has 0 saturated carbocycles. The van der Waals surface area contributed by atoms with Crippen molar-refractivity contribution in [1.82, 2.24) is 10.6 Å². The fourth-order valence-electron chi connectivity index (χ4n) is 1.21. The zero-order valence-electron chi connectivity index (χ0n) is 16.9. The summed E-state index contributed by atoms with van der Waals surface area (Å²) in [5.74, 6) is -1.00. The second-order valence-electron chi connectivity index (χ2n) is 5.20. The molecule has 0 saturated heterocycles. The van der Waals surface area contributed by atoms with Crippen LogP contribution < -0.4 is 10.6 Å². The van der Waals surface area contributed by atoms with Gasteiger partial charge in [0.05, 0.1) is 6.54 Å². The number of ether oxygens (including phenoxy) is 2. The normalized spacial score (nSPS) is 11.0. The fourth-order valence-corrected chi connectivity index (χ4v) is 1.21. The number of hydrogen-bond acceptors (Lipinski definition) is 6. The number of carbonyl (C=O) groups is 4. The Labute approximate surface area is 164 Å². The third-order valence-electron chi connectivity index (χ3n) is 2.41. The summed E-state index contributed by atoms with van der Waals surface area (Å²) in [4.78, 5) is 50.3. The van der Waals surface area contributed by atoms with E-state index in [0.29, 0.717) is 5.57 Å². The zero-order valence-corrected chi connectivity index (χ0v) is 16.9. The molecule has 0 fully saturated rings. The first-order valence-electron chi connectivity index (χ1n) is 8.29. The van der Waals surface area contributed by atoms with Gasteiger partial charge in [-0.1, -0.05) is 13.2 Å². The van der Waals surface area contributed by atoms with Crippen LogP contribution in [0.2, 0.25) is 0 Å². The highest BCUT2D eigenvalue weighted by molar-refractivity contribution is 5.88. The Kier molecular flexibility index (Phi) is 15.3. The topological polar surface area (TPSA) is 136 Å². The Bertz CT molecular complexity index is 640. The minimum absolute atomic E-state index is 0.122. The molecule has 10 heteroatoms. The summed E-state index contributed by atoms with van der Waals surface area (Å²) in [6.07, 6.45) is 2.02. The lowest BCUT2D eigenvalue weighted by molar-refractivity contribution is -0.144. The van der Waals surface area contributed by atoms with Crippen LogP contribution in [0.4, 0.5) is 9.59 Å². The lowest BCUT2D eigenvalue weighted by atomic mass is 10.4. The van der Waals surface area contributed by atoms with Crippen LogP contribution in [0, 0.1) is 0 Å². The van der Waals surface area contributed by atoms with Crippen molar-refractivity contribution in [3.63, 3.8) is 0 Å². The molecule has 156 valence electrons. The molecule has 0 radical (unpaired) electrons. The second kappa shape index (κ2) is 15.9. The van der Waals surface area contributed by atoms with Gasteiger partial charge in [0.1, 0.15) is 6.61 Å². The summed E-state index contributed by atoms with van der Waals surface area (Å²) in [5, 5.41) is 4.78. The van der Waals surface area contributed by atoms with Crippen LogP contribution in [-0.4, -0.2) is 55.8 Å². The highest BCUT2D eigenvalue weighted by Gasteiger charge is 2.11. The molecule has 0 aromatic heterocycles. The predicted molar refractivity (Wildman–Crippen MR) is 106 cm³/mol. The molecular formula is C18H28N4O6. The van der Waals surface area contributed by atoms with Crippen molar-refractivity contribution >= 4 is 36.4 Å². The highest BCUT2D eigenvalue weighted by Crippen LogP contribution is 1.96. The average Bonchev–Trinajstić information content (AvgIpc) is 2.59. The first-order chi connectivity index (χ1) is 13.0. The monoisotopic (exact) mass is 396 g/mol. The number of aliphatic imine (C=N–C) groups is 2. The molecule has 1 unspecified atom stereocenters. The van der Waals surface area contributed by atoms with Gasteiger partial charge in [0.15, 0.2) is 6.23 Å². The molecule has 0 aliphatic rings. The number of carbonyl (C=O) groups excluding carboxylic acids is 4. The summed E-state index contributed by atoms with van der Waals surface area (Å²) in [6.45, 7) is 15.1. The van der Waals surface area contributed by atoms with Gasteiger partial charge < -0.3 is 20.1 Å². The van der Waals surface area contributed by atoms with Gasteiger partial charge in [0, 0.05) is 23.6 Å². The van der Waals surface area contributed by atoms with E-state index in [4.69, 9.17) is 9.47 Å². The molecule has 0 spiro atoms. The number of amides is 4. The molecule has 0 heterocycles. The van der Waals surface area contributed by atoms with Crippen LogP contribution in [0.5, 0.6) is 0 Å². The lowest BCUT2D eigenvalue weighted by Crippen LogP contribution is -2.34. The van der Waals surface area contributed by atoms with Crippen LogP contribution in [0.1, 0.15) is 34.6 Å². The molecule has 0 bridgehead atoms. The second-order valence-corrected chi connectivity index (χ2v) is 5.20. The first kappa shape index (κ1) is 26.9. The van der Waals surface area contributed by atoms with E-state index in [1.165, 1.54) is 26.3 Å². The van der Waals surface area contributed by atoms with E-state index in [-0.39, 0.29) is 18.7 Å². The van der Waals surface area contributed by atoms with Gasteiger partial charge in [0.2, 0.25) is 0 Å². The Morgan fingerprint density at radius 1 is 0.964 bits per heavy atom. The van der Waals surface area contributed by atoms with Gasteiger partial charge in [0.25, 0.3) is 0 Å². The highest BCUT2D eigenvalue weighted by atomic mass is 16.6. The summed E-state index contributed by atoms with van der Waals surface area (Å²) in [5.41, 5.74) is 0.619. The van der Waals surface area contributed by atoms with Gasteiger partial charge in [-0.2, -0.15) is 0 Å². The minimum atomic E-state index is -0.713. The number of urea groups is 2. The molecule has 1 atom stereocenters. The van der Waals surface area contributed by atoms with E-state index in [9.17, 15) is 19.2 Å². The maximum atomic E-state index is 11.0. The Morgan fingerprint density at radius 3 is 1.93 bits per heavy atom. The number of nitrogens with zero attached hydrogens (tertiary/aromatic N) is 2. The van der Waals surface area contributed by atoms with Crippen LogP contribution in [0.25, 0.3) is 0 Å². The van der Waals surface area contributed by atoms with Gasteiger partial charge in [-0.3, -0.25) is 0 Å². The molecular weight excluding hydrogens is 368 g/mol. The van der Waals surface area contributed by atoms with Crippen molar-refractivity contribution in [2.75, 3.05) is 13.2 Å². The number of hydrogen-bond donors (Lipinski definition) is 2. The van der Waals surface area contributed by atoms with Crippen LogP contribution in [0.3, 0.4) is 0 Å². The van der Waals surface area contributed by atoms with Gasteiger partial charge in [-0.25, -0.2) is 29.2 Å². The quantitative estimate of drug-likeness (QED) is 0.222. The third-order valence-corrected chi connectivity index (χ3v) is 2.41. The fraction of sp³-hybridized carbons (Fsp3) is 0.444. The summed E-state index contributed by atoms with van der Waals surface area (Å²) in [7, 11) is 0. The van der Waals surface area contributed by atoms with Gasteiger partial charge in [-0.15, -0.1) is 0 Å². The van der Waals surface area contributed by atoms with Gasteiger partial charge in [-0.05, 0) is 34.6 Å². The van der Waals surface area contributed by atoms with Crippen molar-refractivity contribution in [3.05, 3.63) is 24.3 Å². The predicted octanol–water partition coefficient (Wildman–Crippen LogP) is 2.16. The smallest absolute Gasteiger partial charge is 0.343 e. The number of rotatable bonds is 7. The molecule has 0 aliphatic heterocycles. The van der Waals surface area contributed by atoms with E-state index in [2.05, 4.69) is 33.8 Å². The molecule has 0 rings (SSSR count). The molecule has 0 aliphatic carbocycles. The van der Waals surface area contributed by atoms with Crippen LogP contribution >= 0.6 is 0 Å². The molecule has 0 aromatic rings. The van der Waals surface area contributed by atoms with Gasteiger partial charge >= 0.3 is 24.0 Å². The lowest BCUT2D eigenvalue weighted by Gasteiger charge is -2.12. The average molecular weight is 396 g/mol. The van der Waals surface area contributed by atoms with Crippen molar-refractivity contribution in [1.29, 1.82) is 0 Å². The molecule has 2 N–H and O–H groups in total.